The average Bonchev–Trinajstić information content (AvgIpc) is 2.64. The fourth-order valence-electron chi connectivity index (χ4n) is 2.02. The van der Waals surface area contributed by atoms with E-state index in [0.717, 1.165) is 11.3 Å². The van der Waals surface area contributed by atoms with Crippen molar-refractivity contribution in [1.82, 2.24) is 20.5 Å². The monoisotopic (exact) mass is 373 g/mol. The Labute approximate surface area is 154 Å². The molecule has 3 rings (SSSR count). The van der Waals surface area contributed by atoms with E-state index in [2.05, 4.69) is 25.8 Å². The standard InChI is InChI=1S/C17H13Cl2N5O/c18-13-4-3-12(8-14(13)19)22-16-6-5-15(23-24-16)17(25)21-10-11-2-1-7-20-9-11/h1-9H,10H2,(H,21,25)(H,22,24). The quantitative estimate of drug-likeness (QED) is 0.709. The van der Waals surface area contributed by atoms with Crippen molar-refractivity contribution in [3.05, 3.63) is 76.2 Å². The Morgan fingerprint density at radius 1 is 1.04 bits per heavy atom. The van der Waals surface area contributed by atoms with Crippen LogP contribution in [0.1, 0.15) is 16.1 Å². The first-order chi connectivity index (χ1) is 12.1. The number of carbonyl (C=O) groups is 1. The van der Waals surface area contributed by atoms with Gasteiger partial charge in [-0.1, -0.05) is 29.3 Å². The van der Waals surface area contributed by atoms with Crippen LogP contribution in [0.15, 0.2) is 54.9 Å². The summed E-state index contributed by atoms with van der Waals surface area (Å²) in [6, 6.07) is 12.1. The van der Waals surface area contributed by atoms with E-state index in [-0.39, 0.29) is 11.6 Å². The van der Waals surface area contributed by atoms with Crippen molar-refractivity contribution in [3.8, 4) is 0 Å². The normalized spacial score (nSPS) is 10.3. The van der Waals surface area contributed by atoms with Crippen LogP contribution in [0.25, 0.3) is 0 Å². The molecule has 2 heterocycles. The molecule has 1 aromatic carbocycles. The van der Waals surface area contributed by atoms with Gasteiger partial charge in [0.25, 0.3) is 5.91 Å². The first kappa shape index (κ1) is 17.1. The predicted octanol–water partition coefficient (Wildman–Crippen LogP) is 3.85. The topological polar surface area (TPSA) is 79.8 Å². The lowest BCUT2D eigenvalue weighted by Gasteiger charge is -2.07. The Morgan fingerprint density at radius 2 is 1.92 bits per heavy atom. The minimum atomic E-state index is -0.308. The van der Waals surface area contributed by atoms with Gasteiger partial charge < -0.3 is 10.6 Å². The van der Waals surface area contributed by atoms with Crippen LogP contribution in [0, 0.1) is 0 Å². The van der Waals surface area contributed by atoms with E-state index in [4.69, 9.17) is 23.2 Å². The lowest BCUT2D eigenvalue weighted by Crippen LogP contribution is -2.24. The van der Waals surface area contributed by atoms with Crippen LogP contribution < -0.4 is 10.6 Å². The molecule has 3 aromatic rings. The third-order valence-electron chi connectivity index (χ3n) is 3.27. The number of carbonyl (C=O) groups excluding carboxylic acids is 1. The molecule has 0 saturated carbocycles. The zero-order valence-electron chi connectivity index (χ0n) is 12.9. The molecular weight excluding hydrogens is 361 g/mol. The summed E-state index contributed by atoms with van der Waals surface area (Å²) in [5, 5.41) is 14.6. The highest BCUT2D eigenvalue weighted by atomic mass is 35.5. The second-order valence-corrected chi connectivity index (χ2v) is 5.92. The molecule has 0 fully saturated rings. The SMILES string of the molecule is O=C(NCc1cccnc1)c1ccc(Nc2ccc(Cl)c(Cl)c2)nn1. The summed E-state index contributed by atoms with van der Waals surface area (Å²) >= 11 is 11.8. The van der Waals surface area contributed by atoms with Crippen LogP contribution >= 0.6 is 23.2 Å². The summed E-state index contributed by atoms with van der Waals surface area (Å²) in [4.78, 5) is 16.1. The van der Waals surface area contributed by atoms with E-state index in [1.165, 1.54) is 0 Å². The lowest BCUT2D eigenvalue weighted by atomic mass is 10.3. The Morgan fingerprint density at radius 3 is 2.60 bits per heavy atom. The Balaban J connectivity index is 1.61. The van der Waals surface area contributed by atoms with Crippen molar-refractivity contribution < 1.29 is 4.79 Å². The third-order valence-corrected chi connectivity index (χ3v) is 4.00. The summed E-state index contributed by atoms with van der Waals surface area (Å²) < 4.78 is 0. The number of halogens is 2. The molecule has 0 radical (unpaired) electrons. The molecule has 126 valence electrons. The molecule has 1 amide bonds. The summed E-state index contributed by atoms with van der Waals surface area (Å²) in [7, 11) is 0. The van der Waals surface area contributed by atoms with Gasteiger partial charge in [-0.15, -0.1) is 10.2 Å². The molecule has 25 heavy (non-hydrogen) atoms. The van der Waals surface area contributed by atoms with Crippen LogP contribution in [-0.2, 0) is 6.54 Å². The van der Waals surface area contributed by atoms with Crippen molar-refractivity contribution in [3.63, 3.8) is 0 Å². The number of nitrogens with one attached hydrogen (secondary N) is 2. The van der Waals surface area contributed by atoms with E-state index < -0.39 is 0 Å². The van der Waals surface area contributed by atoms with Gasteiger partial charge in [-0.3, -0.25) is 9.78 Å². The Hall–Kier alpha value is -2.70. The first-order valence-electron chi connectivity index (χ1n) is 7.35. The first-order valence-corrected chi connectivity index (χ1v) is 8.10. The molecule has 0 spiro atoms. The van der Waals surface area contributed by atoms with Gasteiger partial charge in [0.15, 0.2) is 11.5 Å². The molecule has 0 unspecified atom stereocenters. The number of amides is 1. The number of pyridine rings is 1. The molecule has 0 aliphatic carbocycles. The van der Waals surface area contributed by atoms with Crippen molar-refractivity contribution in [2.75, 3.05) is 5.32 Å². The highest BCUT2D eigenvalue weighted by Gasteiger charge is 2.08. The van der Waals surface area contributed by atoms with E-state index in [1.54, 1.807) is 42.7 Å². The molecule has 2 aromatic heterocycles. The van der Waals surface area contributed by atoms with Crippen molar-refractivity contribution in [1.29, 1.82) is 0 Å². The van der Waals surface area contributed by atoms with Crippen molar-refractivity contribution >= 4 is 40.6 Å². The highest BCUT2D eigenvalue weighted by Crippen LogP contribution is 2.26. The van der Waals surface area contributed by atoms with Gasteiger partial charge in [-0.25, -0.2) is 0 Å². The molecule has 8 heteroatoms. The molecule has 0 aliphatic rings. The van der Waals surface area contributed by atoms with Gasteiger partial charge in [0.05, 0.1) is 10.0 Å². The average molecular weight is 374 g/mol. The number of rotatable bonds is 5. The number of hydrogen-bond donors (Lipinski definition) is 2. The Kier molecular flexibility index (Phi) is 5.42. The molecule has 0 atom stereocenters. The molecule has 2 N–H and O–H groups in total. The second-order valence-electron chi connectivity index (χ2n) is 5.10. The van der Waals surface area contributed by atoms with Crippen molar-refractivity contribution in [2.45, 2.75) is 6.54 Å². The minimum Gasteiger partial charge on any atom is -0.347 e. The lowest BCUT2D eigenvalue weighted by molar-refractivity contribution is 0.0945. The number of benzene rings is 1. The smallest absolute Gasteiger partial charge is 0.272 e. The van der Waals surface area contributed by atoms with Gasteiger partial charge in [-0.05, 0) is 42.0 Å². The maximum absolute atomic E-state index is 12.1. The van der Waals surface area contributed by atoms with Gasteiger partial charge in [0, 0.05) is 24.6 Å². The maximum atomic E-state index is 12.1. The van der Waals surface area contributed by atoms with E-state index in [9.17, 15) is 4.79 Å². The molecule has 0 bridgehead atoms. The van der Waals surface area contributed by atoms with Gasteiger partial charge in [-0.2, -0.15) is 0 Å². The fourth-order valence-corrected chi connectivity index (χ4v) is 2.32. The number of nitrogens with zero attached hydrogens (tertiary/aromatic N) is 3. The zero-order valence-corrected chi connectivity index (χ0v) is 14.4. The molecule has 0 aliphatic heterocycles. The largest absolute Gasteiger partial charge is 0.347 e. The van der Waals surface area contributed by atoms with E-state index in [1.807, 2.05) is 12.1 Å². The summed E-state index contributed by atoms with van der Waals surface area (Å²) in [6.07, 6.45) is 3.37. The van der Waals surface area contributed by atoms with Crippen LogP contribution in [0.4, 0.5) is 11.5 Å². The van der Waals surface area contributed by atoms with Crippen molar-refractivity contribution in [2.24, 2.45) is 0 Å². The fraction of sp³-hybridized carbons (Fsp3) is 0.0588. The second kappa shape index (κ2) is 7.92. The number of hydrogen-bond acceptors (Lipinski definition) is 5. The van der Waals surface area contributed by atoms with Crippen LogP contribution in [0.2, 0.25) is 10.0 Å². The third kappa shape index (κ3) is 4.65. The molecular formula is C17H13Cl2N5O. The number of anilines is 2. The van der Waals surface area contributed by atoms with Gasteiger partial charge in [0.2, 0.25) is 0 Å². The molecule has 0 saturated heterocycles. The molecule has 6 nitrogen and oxygen atoms in total. The number of aromatic nitrogens is 3. The Bertz CT molecular complexity index is 872. The van der Waals surface area contributed by atoms with E-state index >= 15 is 0 Å². The highest BCUT2D eigenvalue weighted by molar-refractivity contribution is 6.42. The zero-order chi connectivity index (χ0) is 17.6. The maximum Gasteiger partial charge on any atom is 0.272 e. The van der Waals surface area contributed by atoms with Gasteiger partial charge >= 0.3 is 0 Å². The van der Waals surface area contributed by atoms with Crippen LogP contribution in [-0.4, -0.2) is 21.1 Å². The summed E-state index contributed by atoms with van der Waals surface area (Å²) in [5.41, 5.74) is 1.85. The summed E-state index contributed by atoms with van der Waals surface area (Å²) in [5.74, 6) is 0.180. The predicted molar refractivity (Wildman–Crippen MR) is 97.2 cm³/mol. The van der Waals surface area contributed by atoms with Crippen LogP contribution in [0.3, 0.4) is 0 Å². The van der Waals surface area contributed by atoms with Crippen LogP contribution in [0.5, 0.6) is 0 Å². The van der Waals surface area contributed by atoms with Gasteiger partial charge in [0.1, 0.15) is 0 Å². The summed E-state index contributed by atoms with van der Waals surface area (Å²) in [6.45, 7) is 0.373. The minimum absolute atomic E-state index is 0.226. The van der Waals surface area contributed by atoms with E-state index in [0.29, 0.717) is 22.4 Å².